The van der Waals surface area contributed by atoms with E-state index in [0.29, 0.717) is 13.1 Å². The Hall–Kier alpha value is -0.910. The maximum Gasteiger partial charge on any atom is 0.261 e. The number of hydrogen-bond acceptors (Lipinski definition) is 4. The average molecular weight is 226 g/mol. The summed E-state index contributed by atoms with van der Waals surface area (Å²) in [6, 6.07) is 3.65. The van der Waals surface area contributed by atoms with Crippen molar-refractivity contribution in [2.24, 2.45) is 5.92 Å². The van der Waals surface area contributed by atoms with Gasteiger partial charge in [0.25, 0.3) is 5.91 Å². The van der Waals surface area contributed by atoms with Crippen LogP contribution < -0.4 is 10.6 Å². The number of nitrogens with one attached hydrogen (secondary N) is 2. The number of amides is 1. The van der Waals surface area contributed by atoms with E-state index in [1.807, 2.05) is 11.4 Å². The van der Waals surface area contributed by atoms with Gasteiger partial charge in [0.15, 0.2) is 0 Å². The SMILES string of the molecule is O=C(NCC1CNCC1O)c1cccs1. The Morgan fingerprint density at radius 2 is 2.53 bits per heavy atom. The summed E-state index contributed by atoms with van der Waals surface area (Å²) in [7, 11) is 0. The van der Waals surface area contributed by atoms with Crippen LogP contribution in [0.5, 0.6) is 0 Å². The van der Waals surface area contributed by atoms with Crippen molar-refractivity contribution in [3.8, 4) is 0 Å². The first kappa shape index (κ1) is 10.6. The number of carbonyl (C=O) groups excluding carboxylic acids is 1. The van der Waals surface area contributed by atoms with Crippen molar-refractivity contribution in [2.45, 2.75) is 6.10 Å². The van der Waals surface area contributed by atoms with Gasteiger partial charge in [-0.15, -0.1) is 11.3 Å². The number of β-amino-alcohol motifs (C(OH)–C–C–N with tert-alkyl or cyclic N) is 1. The van der Waals surface area contributed by atoms with E-state index in [4.69, 9.17) is 0 Å². The van der Waals surface area contributed by atoms with Crippen LogP contribution in [-0.2, 0) is 0 Å². The van der Waals surface area contributed by atoms with E-state index < -0.39 is 0 Å². The Kier molecular flexibility index (Phi) is 3.35. The maximum absolute atomic E-state index is 11.6. The minimum atomic E-state index is -0.339. The lowest BCUT2D eigenvalue weighted by molar-refractivity contribution is 0.0931. The number of thiophene rings is 1. The summed E-state index contributed by atoms with van der Waals surface area (Å²) in [6.45, 7) is 1.93. The van der Waals surface area contributed by atoms with E-state index in [-0.39, 0.29) is 17.9 Å². The Balaban J connectivity index is 1.81. The number of carbonyl (C=O) groups is 1. The topological polar surface area (TPSA) is 61.4 Å². The van der Waals surface area contributed by atoms with Gasteiger partial charge in [0, 0.05) is 25.6 Å². The maximum atomic E-state index is 11.6. The summed E-state index contributed by atoms with van der Waals surface area (Å²) in [5.41, 5.74) is 0. The average Bonchev–Trinajstić information content (AvgIpc) is 2.85. The van der Waals surface area contributed by atoms with E-state index >= 15 is 0 Å². The highest BCUT2D eigenvalue weighted by molar-refractivity contribution is 7.12. The smallest absolute Gasteiger partial charge is 0.261 e. The molecule has 2 unspecified atom stereocenters. The minimum absolute atomic E-state index is 0.0518. The second-order valence-electron chi connectivity index (χ2n) is 3.67. The summed E-state index contributed by atoms with van der Waals surface area (Å²) in [5.74, 6) is 0.0815. The van der Waals surface area contributed by atoms with E-state index in [9.17, 15) is 9.90 Å². The fourth-order valence-electron chi connectivity index (χ4n) is 1.65. The van der Waals surface area contributed by atoms with Gasteiger partial charge in [0.05, 0.1) is 11.0 Å². The van der Waals surface area contributed by atoms with Crippen LogP contribution in [0.4, 0.5) is 0 Å². The molecular weight excluding hydrogens is 212 g/mol. The van der Waals surface area contributed by atoms with Crippen molar-refractivity contribution in [2.75, 3.05) is 19.6 Å². The van der Waals surface area contributed by atoms with Crippen LogP contribution in [0.15, 0.2) is 17.5 Å². The molecule has 4 nitrogen and oxygen atoms in total. The van der Waals surface area contributed by atoms with Crippen molar-refractivity contribution in [3.63, 3.8) is 0 Å². The molecule has 0 bridgehead atoms. The van der Waals surface area contributed by atoms with E-state index in [1.54, 1.807) is 6.07 Å². The van der Waals surface area contributed by atoms with E-state index in [2.05, 4.69) is 10.6 Å². The molecule has 82 valence electrons. The van der Waals surface area contributed by atoms with Gasteiger partial charge < -0.3 is 15.7 Å². The normalized spacial score (nSPS) is 25.4. The van der Waals surface area contributed by atoms with Crippen molar-refractivity contribution < 1.29 is 9.90 Å². The molecular formula is C10H14N2O2S. The van der Waals surface area contributed by atoms with Crippen LogP contribution >= 0.6 is 11.3 Å². The van der Waals surface area contributed by atoms with Gasteiger partial charge in [0.1, 0.15) is 0 Å². The molecule has 5 heteroatoms. The van der Waals surface area contributed by atoms with E-state index in [1.165, 1.54) is 11.3 Å². The van der Waals surface area contributed by atoms with Gasteiger partial charge in [-0.2, -0.15) is 0 Å². The molecule has 2 heterocycles. The molecule has 15 heavy (non-hydrogen) atoms. The van der Waals surface area contributed by atoms with Gasteiger partial charge >= 0.3 is 0 Å². The molecule has 2 atom stereocenters. The molecule has 0 radical (unpaired) electrons. The molecule has 1 aromatic rings. The molecule has 0 aromatic carbocycles. The minimum Gasteiger partial charge on any atom is -0.391 e. The Labute approximate surface area is 92.3 Å². The lowest BCUT2D eigenvalue weighted by Gasteiger charge is -2.13. The third kappa shape index (κ3) is 2.56. The highest BCUT2D eigenvalue weighted by Crippen LogP contribution is 2.10. The number of hydrogen-bond donors (Lipinski definition) is 3. The fraction of sp³-hybridized carbons (Fsp3) is 0.500. The van der Waals surface area contributed by atoms with E-state index in [0.717, 1.165) is 11.4 Å². The van der Waals surface area contributed by atoms with Crippen molar-refractivity contribution in [1.29, 1.82) is 0 Å². The second-order valence-corrected chi connectivity index (χ2v) is 4.62. The molecule has 2 rings (SSSR count). The predicted octanol–water partition coefficient (Wildman–Crippen LogP) is 0.0582. The van der Waals surface area contributed by atoms with Gasteiger partial charge in [-0.3, -0.25) is 4.79 Å². The van der Waals surface area contributed by atoms with Gasteiger partial charge in [-0.1, -0.05) is 6.07 Å². The monoisotopic (exact) mass is 226 g/mol. The van der Waals surface area contributed by atoms with Crippen LogP contribution in [0, 0.1) is 5.92 Å². The van der Waals surface area contributed by atoms with Gasteiger partial charge in [-0.25, -0.2) is 0 Å². The molecule has 1 aliphatic heterocycles. The third-order valence-corrected chi connectivity index (χ3v) is 3.44. The molecule has 1 aliphatic rings. The molecule has 3 N–H and O–H groups in total. The highest BCUT2D eigenvalue weighted by atomic mass is 32.1. The first-order valence-corrected chi connectivity index (χ1v) is 5.86. The quantitative estimate of drug-likeness (QED) is 0.683. The van der Waals surface area contributed by atoms with Crippen LogP contribution in [0.3, 0.4) is 0 Å². The van der Waals surface area contributed by atoms with Crippen LogP contribution in [0.2, 0.25) is 0 Å². The van der Waals surface area contributed by atoms with Crippen molar-refractivity contribution >= 4 is 17.2 Å². The number of rotatable bonds is 3. The predicted molar refractivity (Wildman–Crippen MR) is 59.0 cm³/mol. The van der Waals surface area contributed by atoms with Crippen molar-refractivity contribution in [3.05, 3.63) is 22.4 Å². The van der Waals surface area contributed by atoms with Crippen LogP contribution in [-0.4, -0.2) is 36.8 Å². The third-order valence-electron chi connectivity index (χ3n) is 2.57. The number of aliphatic hydroxyl groups is 1. The second kappa shape index (κ2) is 4.74. The van der Waals surface area contributed by atoms with Gasteiger partial charge in [-0.05, 0) is 11.4 Å². The summed E-state index contributed by atoms with van der Waals surface area (Å²) < 4.78 is 0. The Bertz CT molecular complexity index is 326. The summed E-state index contributed by atoms with van der Waals surface area (Å²) >= 11 is 1.42. The molecule has 0 spiro atoms. The molecule has 1 fully saturated rings. The highest BCUT2D eigenvalue weighted by Gasteiger charge is 2.25. The Morgan fingerprint density at radius 1 is 1.67 bits per heavy atom. The first-order chi connectivity index (χ1) is 7.27. The molecule has 0 saturated carbocycles. The zero-order valence-electron chi connectivity index (χ0n) is 8.27. The lowest BCUT2D eigenvalue weighted by atomic mass is 10.1. The fourth-order valence-corrected chi connectivity index (χ4v) is 2.29. The zero-order chi connectivity index (χ0) is 10.7. The molecule has 1 aromatic heterocycles. The van der Waals surface area contributed by atoms with Crippen LogP contribution in [0.25, 0.3) is 0 Å². The Morgan fingerprint density at radius 3 is 3.13 bits per heavy atom. The largest absolute Gasteiger partial charge is 0.391 e. The van der Waals surface area contributed by atoms with Crippen molar-refractivity contribution in [1.82, 2.24) is 10.6 Å². The molecule has 1 amide bonds. The zero-order valence-corrected chi connectivity index (χ0v) is 9.09. The summed E-state index contributed by atoms with van der Waals surface area (Å²) in [5, 5.41) is 17.3. The van der Waals surface area contributed by atoms with Crippen LogP contribution in [0.1, 0.15) is 9.67 Å². The summed E-state index contributed by atoms with van der Waals surface area (Å²) in [4.78, 5) is 12.3. The lowest BCUT2D eigenvalue weighted by Crippen LogP contribution is -2.33. The first-order valence-electron chi connectivity index (χ1n) is 4.98. The van der Waals surface area contributed by atoms with Gasteiger partial charge in [0.2, 0.25) is 0 Å². The number of aliphatic hydroxyl groups excluding tert-OH is 1. The standard InChI is InChI=1S/C10H14N2O2S/c13-8-6-11-4-7(8)5-12-10(14)9-2-1-3-15-9/h1-3,7-8,11,13H,4-6H2,(H,12,14). The molecule has 1 saturated heterocycles. The molecule has 0 aliphatic carbocycles. The summed E-state index contributed by atoms with van der Waals surface area (Å²) in [6.07, 6.45) is -0.339.